The summed E-state index contributed by atoms with van der Waals surface area (Å²) in [5, 5.41) is 2.88. The Morgan fingerprint density at radius 2 is 1.68 bits per heavy atom. The van der Waals surface area contributed by atoms with Gasteiger partial charge in [-0.2, -0.15) is 0 Å². The van der Waals surface area contributed by atoms with Crippen LogP contribution in [-0.2, 0) is 4.79 Å². The van der Waals surface area contributed by atoms with Gasteiger partial charge in [0.25, 0.3) is 5.91 Å². The van der Waals surface area contributed by atoms with Crippen molar-refractivity contribution in [1.82, 2.24) is 0 Å². The van der Waals surface area contributed by atoms with Crippen LogP contribution >= 0.6 is 0 Å². The van der Waals surface area contributed by atoms with Crippen LogP contribution in [0.5, 0.6) is 5.75 Å². The fraction of sp³-hybridized carbons (Fsp3) is 0.316. The second-order valence-electron chi connectivity index (χ2n) is 5.49. The van der Waals surface area contributed by atoms with Crippen molar-refractivity contribution in [2.24, 2.45) is 0 Å². The first-order chi connectivity index (χ1) is 10.6. The number of ether oxygens (including phenoxy) is 1. The van der Waals surface area contributed by atoms with Gasteiger partial charge in [0.2, 0.25) is 0 Å². The number of hydrogen-bond donors (Lipinski definition) is 1. The molecule has 116 valence electrons. The van der Waals surface area contributed by atoms with Crippen molar-refractivity contribution in [3.63, 3.8) is 0 Å². The number of rotatable bonds is 6. The molecule has 0 aromatic heterocycles. The molecule has 22 heavy (non-hydrogen) atoms. The van der Waals surface area contributed by atoms with E-state index in [1.807, 2.05) is 42.5 Å². The van der Waals surface area contributed by atoms with Crippen molar-refractivity contribution in [3.05, 3.63) is 60.2 Å². The minimum absolute atomic E-state index is 0.153. The van der Waals surface area contributed by atoms with E-state index < -0.39 is 6.10 Å². The minimum Gasteiger partial charge on any atom is -0.481 e. The standard InChI is InChI=1S/C19H23NO2/c1-4-14(2)16-10-12-17(13-11-16)20-19(21)15(3)22-18-8-6-5-7-9-18/h5-15H,4H2,1-3H3,(H,20,21). The van der Waals surface area contributed by atoms with Crippen LogP contribution in [0, 0.1) is 0 Å². The first-order valence-corrected chi connectivity index (χ1v) is 7.72. The summed E-state index contributed by atoms with van der Waals surface area (Å²) in [4.78, 5) is 12.2. The van der Waals surface area contributed by atoms with Gasteiger partial charge in [0.15, 0.2) is 6.10 Å². The molecule has 0 aliphatic rings. The number of nitrogens with one attached hydrogen (secondary N) is 1. The molecule has 0 aliphatic heterocycles. The highest BCUT2D eigenvalue weighted by Gasteiger charge is 2.14. The Morgan fingerprint density at radius 1 is 1.05 bits per heavy atom. The van der Waals surface area contributed by atoms with Crippen LogP contribution in [0.3, 0.4) is 0 Å². The third-order valence-electron chi connectivity index (χ3n) is 3.78. The van der Waals surface area contributed by atoms with Crippen molar-refractivity contribution in [2.45, 2.75) is 39.2 Å². The second kappa shape index (κ2) is 7.64. The van der Waals surface area contributed by atoms with E-state index in [0.29, 0.717) is 11.7 Å². The largest absolute Gasteiger partial charge is 0.481 e. The summed E-state index contributed by atoms with van der Waals surface area (Å²) < 4.78 is 5.62. The molecule has 0 radical (unpaired) electrons. The topological polar surface area (TPSA) is 38.3 Å². The highest BCUT2D eigenvalue weighted by Crippen LogP contribution is 2.20. The van der Waals surface area contributed by atoms with E-state index in [-0.39, 0.29) is 5.91 Å². The average molecular weight is 297 g/mol. The molecule has 3 heteroatoms. The number of carbonyl (C=O) groups excluding carboxylic acids is 1. The minimum atomic E-state index is -0.545. The van der Waals surface area contributed by atoms with Gasteiger partial charge in [0.1, 0.15) is 5.75 Å². The fourth-order valence-electron chi connectivity index (χ4n) is 2.13. The van der Waals surface area contributed by atoms with Gasteiger partial charge in [-0.05, 0) is 49.1 Å². The molecule has 1 amide bonds. The molecule has 2 atom stereocenters. The quantitative estimate of drug-likeness (QED) is 0.845. The lowest BCUT2D eigenvalue weighted by atomic mass is 9.99. The molecule has 0 fully saturated rings. The third-order valence-corrected chi connectivity index (χ3v) is 3.78. The molecular weight excluding hydrogens is 274 g/mol. The first kappa shape index (κ1) is 16.1. The van der Waals surface area contributed by atoms with Gasteiger partial charge in [-0.3, -0.25) is 4.79 Å². The van der Waals surface area contributed by atoms with Gasteiger partial charge in [-0.15, -0.1) is 0 Å². The van der Waals surface area contributed by atoms with E-state index in [9.17, 15) is 4.79 Å². The molecular formula is C19H23NO2. The zero-order valence-corrected chi connectivity index (χ0v) is 13.4. The molecule has 3 nitrogen and oxygen atoms in total. The monoisotopic (exact) mass is 297 g/mol. The Labute approximate surface area is 132 Å². The number of hydrogen-bond acceptors (Lipinski definition) is 2. The van der Waals surface area contributed by atoms with Crippen molar-refractivity contribution in [1.29, 1.82) is 0 Å². The Morgan fingerprint density at radius 3 is 2.27 bits per heavy atom. The molecule has 0 saturated heterocycles. The van der Waals surface area contributed by atoms with Crippen LogP contribution in [0.1, 0.15) is 38.7 Å². The summed E-state index contributed by atoms with van der Waals surface area (Å²) >= 11 is 0. The zero-order valence-electron chi connectivity index (χ0n) is 13.4. The van der Waals surface area contributed by atoms with E-state index in [0.717, 1.165) is 12.1 Å². The summed E-state index contributed by atoms with van der Waals surface area (Å²) in [5.41, 5.74) is 2.08. The van der Waals surface area contributed by atoms with Gasteiger partial charge < -0.3 is 10.1 Å². The maximum absolute atomic E-state index is 12.2. The van der Waals surface area contributed by atoms with Crippen molar-refractivity contribution >= 4 is 11.6 Å². The molecule has 2 aromatic carbocycles. The normalized spacial score (nSPS) is 13.2. The number of anilines is 1. The highest BCUT2D eigenvalue weighted by molar-refractivity contribution is 5.94. The molecule has 2 aromatic rings. The molecule has 2 unspecified atom stereocenters. The van der Waals surface area contributed by atoms with Crippen LogP contribution in [0.15, 0.2) is 54.6 Å². The molecule has 0 spiro atoms. The number of benzene rings is 2. The lowest BCUT2D eigenvalue weighted by molar-refractivity contribution is -0.122. The Bertz CT molecular complexity index is 593. The molecule has 0 saturated carbocycles. The Kier molecular flexibility index (Phi) is 5.59. The molecule has 1 N–H and O–H groups in total. The van der Waals surface area contributed by atoms with E-state index in [4.69, 9.17) is 4.74 Å². The lowest BCUT2D eigenvalue weighted by Gasteiger charge is -2.15. The van der Waals surface area contributed by atoms with Gasteiger partial charge in [-0.25, -0.2) is 0 Å². The summed E-state index contributed by atoms with van der Waals surface area (Å²) in [6.45, 7) is 6.11. The lowest BCUT2D eigenvalue weighted by Crippen LogP contribution is -2.30. The van der Waals surface area contributed by atoms with E-state index >= 15 is 0 Å². The van der Waals surface area contributed by atoms with Crippen LogP contribution in [0.4, 0.5) is 5.69 Å². The SMILES string of the molecule is CCC(C)c1ccc(NC(=O)C(C)Oc2ccccc2)cc1. The zero-order chi connectivity index (χ0) is 15.9. The molecule has 0 bridgehead atoms. The van der Waals surface area contributed by atoms with Crippen LogP contribution < -0.4 is 10.1 Å². The first-order valence-electron chi connectivity index (χ1n) is 7.72. The van der Waals surface area contributed by atoms with Crippen molar-refractivity contribution in [3.8, 4) is 5.75 Å². The maximum Gasteiger partial charge on any atom is 0.265 e. The number of para-hydroxylation sites is 1. The Balaban J connectivity index is 1.93. The van der Waals surface area contributed by atoms with Gasteiger partial charge in [0.05, 0.1) is 0 Å². The Hall–Kier alpha value is -2.29. The van der Waals surface area contributed by atoms with E-state index in [2.05, 4.69) is 31.3 Å². The predicted molar refractivity (Wildman–Crippen MR) is 90.3 cm³/mol. The molecule has 2 rings (SSSR count). The van der Waals surface area contributed by atoms with E-state index in [1.165, 1.54) is 5.56 Å². The molecule has 0 heterocycles. The summed E-state index contributed by atoms with van der Waals surface area (Å²) in [5.74, 6) is 1.07. The smallest absolute Gasteiger partial charge is 0.265 e. The van der Waals surface area contributed by atoms with Gasteiger partial charge >= 0.3 is 0 Å². The third kappa shape index (κ3) is 4.35. The van der Waals surface area contributed by atoms with Gasteiger partial charge in [0, 0.05) is 5.69 Å². The van der Waals surface area contributed by atoms with Crippen molar-refractivity contribution < 1.29 is 9.53 Å². The average Bonchev–Trinajstić information content (AvgIpc) is 2.55. The van der Waals surface area contributed by atoms with Crippen molar-refractivity contribution in [2.75, 3.05) is 5.32 Å². The van der Waals surface area contributed by atoms with E-state index in [1.54, 1.807) is 6.92 Å². The predicted octanol–water partition coefficient (Wildman–Crippen LogP) is 4.61. The van der Waals surface area contributed by atoms with Gasteiger partial charge in [-0.1, -0.05) is 44.2 Å². The fourth-order valence-corrected chi connectivity index (χ4v) is 2.13. The highest BCUT2D eigenvalue weighted by atomic mass is 16.5. The number of amides is 1. The summed E-state index contributed by atoms with van der Waals surface area (Å²) in [7, 11) is 0. The number of carbonyl (C=O) groups is 1. The summed E-state index contributed by atoms with van der Waals surface area (Å²) in [6, 6.07) is 17.4. The molecule has 0 aliphatic carbocycles. The summed E-state index contributed by atoms with van der Waals surface area (Å²) in [6.07, 6.45) is 0.560. The van der Waals surface area contributed by atoms with Crippen LogP contribution in [-0.4, -0.2) is 12.0 Å². The second-order valence-corrected chi connectivity index (χ2v) is 5.49. The van der Waals surface area contributed by atoms with Crippen LogP contribution in [0.2, 0.25) is 0 Å². The maximum atomic E-state index is 12.2. The van der Waals surface area contributed by atoms with Crippen LogP contribution in [0.25, 0.3) is 0 Å².